The summed E-state index contributed by atoms with van der Waals surface area (Å²) in [4.78, 5) is 11.3. The van der Waals surface area contributed by atoms with E-state index in [4.69, 9.17) is 17.3 Å². The van der Waals surface area contributed by atoms with Crippen LogP contribution >= 0.6 is 11.6 Å². The molecule has 0 saturated carbocycles. The molecular formula is C22H25ClFNO3. The average Bonchev–Trinajstić information content (AvgIpc) is 2.65. The number of aliphatic hydroxyl groups excluding tert-OH is 1. The number of carboxylic acid groups (broad SMARTS) is 1. The molecular weight excluding hydrogens is 381 g/mol. The van der Waals surface area contributed by atoms with Gasteiger partial charge in [0.05, 0.1) is 12.5 Å². The Morgan fingerprint density at radius 2 is 1.93 bits per heavy atom. The van der Waals surface area contributed by atoms with Gasteiger partial charge < -0.3 is 15.9 Å². The first-order valence-corrected chi connectivity index (χ1v) is 9.48. The van der Waals surface area contributed by atoms with Gasteiger partial charge >= 0.3 is 5.97 Å². The first kappa shape index (κ1) is 22.1. The van der Waals surface area contributed by atoms with E-state index in [-0.39, 0.29) is 17.8 Å². The van der Waals surface area contributed by atoms with Gasteiger partial charge in [0.2, 0.25) is 0 Å². The number of aliphatic hydroxyl groups is 1. The zero-order valence-corrected chi connectivity index (χ0v) is 16.3. The fourth-order valence-corrected chi connectivity index (χ4v) is 3.55. The summed E-state index contributed by atoms with van der Waals surface area (Å²) >= 11 is 5.95. The summed E-state index contributed by atoms with van der Waals surface area (Å²) in [5.41, 5.74) is 8.35. The lowest BCUT2D eigenvalue weighted by molar-refractivity contribution is -0.145. The van der Waals surface area contributed by atoms with Crippen LogP contribution in [-0.4, -0.2) is 28.8 Å². The van der Waals surface area contributed by atoms with Crippen molar-refractivity contribution in [1.29, 1.82) is 0 Å². The maximum atomic E-state index is 14.0. The van der Waals surface area contributed by atoms with Crippen LogP contribution in [0.25, 0.3) is 11.1 Å². The first-order valence-electron chi connectivity index (χ1n) is 9.10. The van der Waals surface area contributed by atoms with Crippen molar-refractivity contribution in [2.75, 3.05) is 6.61 Å². The van der Waals surface area contributed by atoms with Gasteiger partial charge in [-0.15, -0.1) is 6.58 Å². The minimum atomic E-state index is -1.03. The van der Waals surface area contributed by atoms with Gasteiger partial charge in [0.25, 0.3) is 0 Å². The number of halogens is 2. The molecule has 0 saturated heterocycles. The second kappa shape index (κ2) is 10.4. The molecule has 2 aromatic rings. The monoisotopic (exact) mass is 405 g/mol. The molecule has 28 heavy (non-hydrogen) atoms. The van der Waals surface area contributed by atoms with Crippen molar-refractivity contribution in [1.82, 2.24) is 0 Å². The smallest absolute Gasteiger partial charge is 0.309 e. The second-order valence-electron chi connectivity index (χ2n) is 6.93. The molecule has 2 unspecified atom stereocenters. The number of hydrogen-bond donors (Lipinski definition) is 3. The number of allylic oxidation sites excluding steroid dienone is 1. The van der Waals surface area contributed by atoms with Crippen LogP contribution in [0.3, 0.4) is 0 Å². The molecule has 0 fully saturated rings. The van der Waals surface area contributed by atoms with E-state index in [0.717, 1.165) is 5.56 Å². The van der Waals surface area contributed by atoms with Crippen molar-refractivity contribution in [3.05, 3.63) is 71.5 Å². The van der Waals surface area contributed by atoms with E-state index in [9.17, 15) is 19.4 Å². The summed E-state index contributed by atoms with van der Waals surface area (Å²) < 4.78 is 14.0. The summed E-state index contributed by atoms with van der Waals surface area (Å²) in [7, 11) is 0. The van der Waals surface area contributed by atoms with Gasteiger partial charge in [0, 0.05) is 16.6 Å². The zero-order valence-electron chi connectivity index (χ0n) is 15.5. The van der Waals surface area contributed by atoms with E-state index in [0.29, 0.717) is 35.4 Å². The lowest BCUT2D eigenvalue weighted by Crippen LogP contribution is -2.33. The van der Waals surface area contributed by atoms with Crippen LogP contribution in [0.1, 0.15) is 18.4 Å². The highest BCUT2D eigenvalue weighted by molar-refractivity contribution is 6.30. The molecule has 2 aromatic carbocycles. The van der Waals surface area contributed by atoms with Gasteiger partial charge in [-0.25, -0.2) is 4.39 Å². The number of benzene rings is 2. The van der Waals surface area contributed by atoms with E-state index in [2.05, 4.69) is 6.58 Å². The maximum Gasteiger partial charge on any atom is 0.309 e. The molecule has 6 heteroatoms. The molecule has 0 aliphatic heterocycles. The summed E-state index contributed by atoms with van der Waals surface area (Å²) in [5.74, 6) is -2.52. The van der Waals surface area contributed by atoms with E-state index >= 15 is 0 Å². The Kier molecular flexibility index (Phi) is 8.18. The van der Waals surface area contributed by atoms with Gasteiger partial charge in [-0.3, -0.25) is 4.79 Å². The number of hydrogen-bond acceptors (Lipinski definition) is 3. The fraction of sp³-hybridized carbons (Fsp3) is 0.318. The fourth-order valence-electron chi connectivity index (χ4n) is 3.38. The second-order valence-corrected chi connectivity index (χ2v) is 7.37. The number of rotatable bonds is 10. The minimum Gasteiger partial charge on any atom is -0.481 e. The molecule has 0 aromatic heterocycles. The molecule has 150 valence electrons. The Morgan fingerprint density at radius 1 is 1.25 bits per heavy atom. The van der Waals surface area contributed by atoms with Crippen molar-refractivity contribution in [2.24, 2.45) is 17.6 Å². The SMILES string of the molecule is C=CCC(C[C@H](N)Cc1ccc(-c2cc(Cl)ccc2F)cc1)C(CO)C(=O)O. The van der Waals surface area contributed by atoms with Crippen molar-refractivity contribution >= 4 is 17.6 Å². The van der Waals surface area contributed by atoms with Crippen molar-refractivity contribution < 1.29 is 19.4 Å². The van der Waals surface area contributed by atoms with E-state index in [1.54, 1.807) is 12.1 Å². The summed E-state index contributed by atoms with van der Waals surface area (Å²) in [6.45, 7) is 3.23. The van der Waals surface area contributed by atoms with Crippen LogP contribution < -0.4 is 5.73 Å². The van der Waals surface area contributed by atoms with Crippen LogP contribution in [0.2, 0.25) is 5.02 Å². The average molecular weight is 406 g/mol. The van der Waals surface area contributed by atoms with Gasteiger partial charge in [0.15, 0.2) is 0 Å². The summed E-state index contributed by atoms with van der Waals surface area (Å²) in [6.07, 6.45) is 3.12. The molecule has 4 N–H and O–H groups in total. The van der Waals surface area contributed by atoms with Gasteiger partial charge in [-0.1, -0.05) is 41.9 Å². The highest BCUT2D eigenvalue weighted by atomic mass is 35.5. The molecule has 0 heterocycles. The zero-order chi connectivity index (χ0) is 20.7. The number of nitrogens with two attached hydrogens (primary N) is 1. The number of carboxylic acids is 1. The van der Waals surface area contributed by atoms with E-state index < -0.39 is 18.5 Å². The highest BCUT2D eigenvalue weighted by Gasteiger charge is 2.28. The number of aliphatic carboxylic acids is 1. The molecule has 2 rings (SSSR count). The molecule has 4 nitrogen and oxygen atoms in total. The van der Waals surface area contributed by atoms with Gasteiger partial charge in [-0.05, 0) is 54.5 Å². The van der Waals surface area contributed by atoms with Crippen LogP contribution in [-0.2, 0) is 11.2 Å². The van der Waals surface area contributed by atoms with Gasteiger partial charge in [0.1, 0.15) is 5.82 Å². The molecule has 0 aliphatic rings. The largest absolute Gasteiger partial charge is 0.481 e. The molecule has 3 atom stereocenters. The molecule has 0 radical (unpaired) electrons. The Morgan fingerprint density at radius 3 is 2.50 bits per heavy atom. The predicted octanol–water partition coefficient (Wildman–Crippen LogP) is 4.29. The highest BCUT2D eigenvalue weighted by Crippen LogP contribution is 2.27. The Bertz CT molecular complexity index is 810. The molecule has 0 spiro atoms. The summed E-state index contributed by atoms with van der Waals surface area (Å²) in [6, 6.07) is 11.5. The lowest BCUT2D eigenvalue weighted by atomic mass is 9.83. The molecule has 0 amide bonds. The van der Waals surface area contributed by atoms with E-state index in [1.807, 2.05) is 24.3 Å². The predicted molar refractivity (Wildman–Crippen MR) is 110 cm³/mol. The van der Waals surface area contributed by atoms with E-state index in [1.165, 1.54) is 12.1 Å². The quantitative estimate of drug-likeness (QED) is 0.515. The van der Waals surface area contributed by atoms with Crippen LogP contribution in [0.5, 0.6) is 0 Å². The third-order valence-electron chi connectivity index (χ3n) is 4.85. The summed E-state index contributed by atoms with van der Waals surface area (Å²) in [5, 5.41) is 19.1. The maximum absolute atomic E-state index is 14.0. The topological polar surface area (TPSA) is 83.5 Å². The Hall–Kier alpha value is -2.21. The Balaban J connectivity index is 2.07. The number of carbonyl (C=O) groups is 1. The van der Waals surface area contributed by atoms with Gasteiger partial charge in [-0.2, -0.15) is 0 Å². The van der Waals surface area contributed by atoms with Crippen LogP contribution in [0, 0.1) is 17.7 Å². The standard InChI is InChI=1S/C22H25ClFNO3/c1-2-3-16(20(13-26)22(27)28)11-18(25)10-14-4-6-15(7-5-14)19-12-17(23)8-9-21(19)24/h2,4-9,12,16,18,20,26H,1,3,10-11,13,25H2,(H,27,28)/t16?,18-,20?/m1/s1. The Labute approximate surface area is 169 Å². The minimum absolute atomic E-state index is 0.271. The van der Waals surface area contributed by atoms with Crippen LogP contribution in [0.15, 0.2) is 55.1 Å². The molecule has 0 bridgehead atoms. The van der Waals surface area contributed by atoms with Crippen molar-refractivity contribution in [3.8, 4) is 11.1 Å². The van der Waals surface area contributed by atoms with Crippen molar-refractivity contribution in [2.45, 2.75) is 25.3 Å². The van der Waals surface area contributed by atoms with Crippen molar-refractivity contribution in [3.63, 3.8) is 0 Å². The first-order chi connectivity index (χ1) is 13.3. The molecule has 0 aliphatic carbocycles. The van der Waals surface area contributed by atoms with Crippen LogP contribution in [0.4, 0.5) is 4.39 Å². The lowest BCUT2D eigenvalue weighted by Gasteiger charge is -2.24. The third-order valence-corrected chi connectivity index (χ3v) is 5.08. The normalized spacial score (nSPS) is 14.3. The third kappa shape index (κ3) is 5.89.